The lowest BCUT2D eigenvalue weighted by atomic mass is 9.80. The molecule has 0 radical (unpaired) electrons. The van der Waals surface area contributed by atoms with Crippen molar-refractivity contribution in [3.8, 4) is 11.5 Å². The first kappa shape index (κ1) is 26.2. The van der Waals surface area contributed by atoms with Gasteiger partial charge in [-0.25, -0.2) is 0 Å². The highest BCUT2D eigenvalue weighted by Gasteiger charge is 2.41. The van der Waals surface area contributed by atoms with Crippen LogP contribution < -0.4 is 14.6 Å². The van der Waals surface area contributed by atoms with E-state index in [1.165, 1.54) is 18.2 Å². The molecular weight excluding hydrogens is 507 g/mol. The topological polar surface area (TPSA) is 61.8 Å². The molecule has 9 heteroatoms. The molecule has 2 atom stereocenters. The summed E-state index contributed by atoms with van der Waals surface area (Å²) >= 11 is 6.05. The second kappa shape index (κ2) is 10.0. The summed E-state index contributed by atoms with van der Waals surface area (Å²) in [5, 5.41) is 12.0. The summed E-state index contributed by atoms with van der Waals surface area (Å²) in [6.07, 6.45) is 0.521. The molecule has 2 heterocycles. The molecule has 1 saturated carbocycles. The maximum absolute atomic E-state index is 12.9. The molecular formula is C28H30ClF3NO4-. The first-order chi connectivity index (χ1) is 17.5. The average Bonchev–Trinajstić information content (AvgIpc) is 3.67. The summed E-state index contributed by atoms with van der Waals surface area (Å²) in [6.45, 7) is 3.35. The zero-order valence-corrected chi connectivity index (χ0v) is 21.4. The second-order valence-corrected chi connectivity index (χ2v) is 11.1. The molecule has 200 valence electrons. The fraction of sp³-hybridized carbons (Fsp3) is 0.536. The quantitative estimate of drug-likeness (QED) is 0.469. The molecule has 1 aliphatic carbocycles. The van der Waals surface area contributed by atoms with Gasteiger partial charge in [-0.2, -0.15) is 0 Å². The molecule has 1 spiro atoms. The average molecular weight is 537 g/mol. The third kappa shape index (κ3) is 6.01. The number of fused-ring (bicyclic) bond motifs is 1. The predicted molar refractivity (Wildman–Crippen MR) is 130 cm³/mol. The van der Waals surface area contributed by atoms with E-state index in [0.29, 0.717) is 36.1 Å². The van der Waals surface area contributed by atoms with Crippen LogP contribution in [0.5, 0.6) is 11.5 Å². The van der Waals surface area contributed by atoms with Crippen molar-refractivity contribution in [2.75, 3.05) is 13.1 Å². The Bertz CT molecular complexity index is 1160. The van der Waals surface area contributed by atoms with Crippen molar-refractivity contribution in [2.45, 2.75) is 69.9 Å². The molecule has 2 fully saturated rings. The third-order valence-corrected chi connectivity index (χ3v) is 8.34. The summed E-state index contributed by atoms with van der Waals surface area (Å²) in [5.41, 5.74) is 2.18. The number of aryl methyl sites for hydroxylation is 1. The molecule has 0 N–H and O–H groups in total. The molecule has 2 aromatic rings. The Morgan fingerprint density at radius 1 is 1.19 bits per heavy atom. The number of carbonyl (C=O) groups is 1. The lowest BCUT2D eigenvalue weighted by Gasteiger charge is -2.45. The summed E-state index contributed by atoms with van der Waals surface area (Å²) in [7, 11) is 0. The summed E-state index contributed by atoms with van der Waals surface area (Å²) in [6, 6.07) is 10.3. The van der Waals surface area contributed by atoms with Gasteiger partial charge >= 0.3 is 6.36 Å². The standard InChI is InChI=1S/C28H31ClF3NO4/c1-17(26(34)35)25(19-3-4-19)20-5-2-18-8-9-27(36-24(18)15-20)10-12-33(13-11-27)16-21-14-22(29)6-7-23(21)37-28(30,31)32/h2,5-7,14-15,17,19,25H,3-4,8-13,16H2,1H3,(H,34,35)/p-1. The van der Waals surface area contributed by atoms with Gasteiger partial charge in [-0.05, 0) is 85.8 Å². The Balaban J connectivity index is 1.27. The van der Waals surface area contributed by atoms with Gasteiger partial charge in [0.2, 0.25) is 0 Å². The van der Waals surface area contributed by atoms with Crippen molar-refractivity contribution in [1.82, 2.24) is 4.90 Å². The maximum Gasteiger partial charge on any atom is 0.573 e. The number of hydrogen-bond donors (Lipinski definition) is 0. The van der Waals surface area contributed by atoms with Crippen molar-refractivity contribution in [3.63, 3.8) is 0 Å². The maximum atomic E-state index is 12.9. The number of rotatable bonds is 7. The van der Waals surface area contributed by atoms with Crippen LogP contribution in [0.1, 0.15) is 61.6 Å². The summed E-state index contributed by atoms with van der Waals surface area (Å²) < 4.78 is 49.4. The van der Waals surface area contributed by atoms with Crippen LogP contribution in [0.3, 0.4) is 0 Å². The van der Waals surface area contributed by atoms with Crippen molar-refractivity contribution in [3.05, 3.63) is 58.1 Å². The van der Waals surface area contributed by atoms with Crippen LogP contribution in [0.15, 0.2) is 36.4 Å². The number of nitrogens with zero attached hydrogens (tertiary/aromatic N) is 1. The van der Waals surface area contributed by atoms with Crippen molar-refractivity contribution in [1.29, 1.82) is 0 Å². The zero-order valence-electron chi connectivity index (χ0n) is 20.7. The van der Waals surface area contributed by atoms with Gasteiger partial charge in [0.05, 0.1) is 0 Å². The van der Waals surface area contributed by atoms with Crippen LogP contribution in [-0.2, 0) is 17.8 Å². The zero-order chi connectivity index (χ0) is 26.4. The molecule has 2 unspecified atom stereocenters. The van der Waals surface area contributed by atoms with E-state index >= 15 is 0 Å². The van der Waals surface area contributed by atoms with E-state index in [0.717, 1.165) is 55.4 Å². The molecule has 0 aromatic heterocycles. The number of aliphatic carboxylic acids is 1. The Kier molecular flexibility index (Phi) is 7.09. The van der Waals surface area contributed by atoms with Gasteiger partial charge in [0.1, 0.15) is 17.1 Å². The van der Waals surface area contributed by atoms with Crippen LogP contribution in [0, 0.1) is 11.8 Å². The van der Waals surface area contributed by atoms with Gasteiger partial charge in [-0.1, -0.05) is 30.7 Å². The number of piperidine rings is 1. The number of likely N-dealkylation sites (tertiary alicyclic amines) is 1. The van der Waals surface area contributed by atoms with Gasteiger partial charge in [-0.15, -0.1) is 13.2 Å². The number of carboxylic acids is 1. The minimum atomic E-state index is -4.77. The number of carbonyl (C=O) groups excluding carboxylic acids is 1. The van der Waals surface area contributed by atoms with Crippen molar-refractivity contribution < 1.29 is 32.5 Å². The van der Waals surface area contributed by atoms with Gasteiger partial charge < -0.3 is 19.4 Å². The van der Waals surface area contributed by atoms with Crippen molar-refractivity contribution >= 4 is 17.6 Å². The highest BCUT2D eigenvalue weighted by molar-refractivity contribution is 6.30. The number of hydrogen-bond acceptors (Lipinski definition) is 5. The molecule has 0 amide bonds. The lowest BCUT2D eigenvalue weighted by molar-refractivity contribution is -0.311. The molecule has 2 aliphatic heterocycles. The number of ether oxygens (including phenoxy) is 2. The van der Waals surface area contributed by atoms with Crippen LogP contribution in [0.4, 0.5) is 13.2 Å². The van der Waals surface area contributed by atoms with E-state index in [1.807, 2.05) is 12.1 Å². The summed E-state index contributed by atoms with van der Waals surface area (Å²) in [4.78, 5) is 13.7. The molecule has 1 saturated heterocycles. The Morgan fingerprint density at radius 3 is 2.57 bits per heavy atom. The minimum absolute atomic E-state index is 0.0792. The predicted octanol–water partition coefficient (Wildman–Crippen LogP) is 5.48. The van der Waals surface area contributed by atoms with E-state index in [4.69, 9.17) is 16.3 Å². The van der Waals surface area contributed by atoms with Gasteiger partial charge in [0.15, 0.2) is 0 Å². The molecule has 3 aliphatic rings. The molecule has 5 rings (SSSR count). The van der Waals surface area contributed by atoms with E-state index in [1.54, 1.807) is 6.92 Å². The minimum Gasteiger partial charge on any atom is -0.550 e. The van der Waals surface area contributed by atoms with Crippen LogP contribution in [0.2, 0.25) is 5.02 Å². The van der Waals surface area contributed by atoms with Gasteiger partial charge in [-0.3, -0.25) is 4.90 Å². The highest BCUT2D eigenvalue weighted by Crippen LogP contribution is 2.48. The Labute approximate surface area is 219 Å². The second-order valence-electron chi connectivity index (χ2n) is 10.7. The van der Waals surface area contributed by atoms with E-state index in [-0.39, 0.29) is 17.3 Å². The number of benzene rings is 2. The Hall–Kier alpha value is -2.45. The lowest BCUT2D eigenvalue weighted by Crippen LogP contribution is -2.49. The fourth-order valence-electron chi connectivity index (χ4n) is 5.91. The number of carboxylic acid groups (broad SMARTS) is 1. The van der Waals surface area contributed by atoms with Crippen molar-refractivity contribution in [2.24, 2.45) is 11.8 Å². The van der Waals surface area contributed by atoms with Crippen LogP contribution in [0.25, 0.3) is 0 Å². The smallest absolute Gasteiger partial charge is 0.550 e. The fourth-order valence-corrected chi connectivity index (χ4v) is 6.10. The first-order valence-corrected chi connectivity index (χ1v) is 13.2. The Morgan fingerprint density at radius 2 is 1.92 bits per heavy atom. The molecule has 0 bridgehead atoms. The SMILES string of the molecule is CC(C(=O)[O-])C(c1ccc2c(c1)OC1(CC2)CCN(Cc2cc(Cl)ccc2OC(F)(F)F)CC1)C1CC1. The number of halogens is 4. The third-order valence-electron chi connectivity index (χ3n) is 8.10. The molecule has 37 heavy (non-hydrogen) atoms. The van der Waals surface area contributed by atoms with E-state index in [9.17, 15) is 23.1 Å². The molecule has 5 nitrogen and oxygen atoms in total. The monoisotopic (exact) mass is 536 g/mol. The van der Waals surface area contributed by atoms with E-state index < -0.39 is 18.2 Å². The van der Waals surface area contributed by atoms with Gasteiger partial charge in [0.25, 0.3) is 0 Å². The first-order valence-electron chi connectivity index (χ1n) is 12.8. The summed E-state index contributed by atoms with van der Waals surface area (Å²) in [5.74, 6) is -0.714. The van der Waals surface area contributed by atoms with Crippen LogP contribution in [-0.4, -0.2) is 35.9 Å². The largest absolute Gasteiger partial charge is 0.573 e. The highest BCUT2D eigenvalue weighted by atomic mass is 35.5. The number of alkyl halides is 3. The van der Waals surface area contributed by atoms with Gasteiger partial charge in [0, 0.05) is 42.1 Å². The molecule has 2 aromatic carbocycles. The van der Waals surface area contributed by atoms with E-state index in [2.05, 4.69) is 15.7 Å². The van der Waals surface area contributed by atoms with Crippen LogP contribution >= 0.6 is 11.6 Å². The normalized spacial score (nSPS) is 21.1.